The van der Waals surface area contributed by atoms with E-state index in [1.54, 1.807) is 0 Å². The van der Waals surface area contributed by atoms with Crippen molar-refractivity contribution in [1.29, 1.82) is 0 Å². The van der Waals surface area contributed by atoms with Gasteiger partial charge in [-0.25, -0.2) is 9.97 Å². The summed E-state index contributed by atoms with van der Waals surface area (Å²) in [4.78, 5) is 9.00. The molecule has 1 heterocycles. The first-order chi connectivity index (χ1) is 8.99. The van der Waals surface area contributed by atoms with Gasteiger partial charge in [-0.15, -0.1) is 0 Å². The van der Waals surface area contributed by atoms with Crippen LogP contribution in [0.5, 0.6) is 0 Å². The van der Waals surface area contributed by atoms with E-state index in [2.05, 4.69) is 55.7 Å². The number of halogens is 2. The molecule has 3 nitrogen and oxygen atoms in total. The maximum absolute atomic E-state index is 5.97. The third-order valence-electron chi connectivity index (χ3n) is 2.66. The Labute approximate surface area is 129 Å². The van der Waals surface area contributed by atoms with Gasteiger partial charge in [0.15, 0.2) is 5.82 Å². The summed E-state index contributed by atoms with van der Waals surface area (Å²) >= 11 is 6.99. The number of hydrogen-bond donors (Lipinski definition) is 1. The van der Waals surface area contributed by atoms with Gasteiger partial charge in [-0.3, -0.25) is 0 Å². The van der Waals surface area contributed by atoms with Gasteiger partial charge in [0, 0.05) is 10.0 Å². The second-order valence-electron chi connectivity index (χ2n) is 4.77. The van der Waals surface area contributed by atoms with Crippen molar-refractivity contribution in [3.8, 4) is 11.4 Å². The summed E-state index contributed by atoms with van der Waals surface area (Å²) in [5.74, 6) is 1.65. The van der Waals surface area contributed by atoms with Gasteiger partial charge in [-0.1, -0.05) is 48.0 Å². The smallest absolute Gasteiger partial charge is 0.162 e. The molecule has 2 rings (SSSR count). The standard InChI is InChI=1S/C14H15Br2N3/c1-8(2)7-11-12(16)13(17)19-14(18-11)9-5-3-4-6-10(9)15/h3-6,8H,7H2,1-2H3,(H2,17,18,19). The number of nitrogen functional groups attached to an aromatic ring is 1. The van der Waals surface area contributed by atoms with E-state index in [1.807, 2.05) is 24.3 Å². The van der Waals surface area contributed by atoms with Crippen LogP contribution in [0.15, 0.2) is 33.2 Å². The van der Waals surface area contributed by atoms with Crippen LogP contribution in [-0.2, 0) is 6.42 Å². The molecule has 1 aromatic carbocycles. The predicted molar refractivity (Wildman–Crippen MR) is 85.8 cm³/mol. The summed E-state index contributed by atoms with van der Waals surface area (Å²) < 4.78 is 1.77. The SMILES string of the molecule is CC(C)Cc1nc(-c2ccccc2Br)nc(N)c1Br. The summed E-state index contributed by atoms with van der Waals surface area (Å²) in [5.41, 5.74) is 7.87. The molecule has 5 heteroatoms. The molecule has 0 aliphatic rings. The van der Waals surface area contributed by atoms with Crippen LogP contribution >= 0.6 is 31.9 Å². The molecule has 19 heavy (non-hydrogen) atoms. The molecular weight excluding hydrogens is 370 g/mol. The number of anilines is 1. The average Bonchev–Trinajstić information content (AvgIpc) is 2.35. The predicted octanol–water partition coefficient (Wildman–Crippen LogP) is 4.45. The summed E-state index contributed by atoms with van der Waals surface area (Å²) in [6.07, 6.45) is 0.866. The van der Waals surface area contributed by atoms with Gasteiger partial charge in [-0.05, 0) is 34.3 Å². The fourth-order valence-electron chi connectivity index (χ4n) is 1.80. The van der Waals surface area contributed by atoms with E-state index in [9.17, 15) is 0 Å². The minimum absolute atomic E-state index is 0.483. The average molecular weight is 385 g/mol. The first-order valence-corrected chi connectivity index (χ1v) is 7.64. The lowest BCUT2D eigenvalue weighted by atomic mass is 10.1. The van der Waals surface area contributed by atoms with Gasteiger partial charge in [0.25, 0.3) is 0 Å². The molecule has 2 aromatic rings. The van der Waals surface area contributed by atoms with E-state index in [0.717, 1.165) is 26.6 Å². The molecule has 0 aliphatic heterocycles. The van der Waals surface area contributed by atoms with Crippen LogP contribution in [0.4, 0.5) is 5.82 Å². The Morgan fingerprint density at radius 3 is 2.47 bits per heavy atom. The third kappa shape index (κ3) is 3.34. The summed E-state index contributed by atoms with van der Waals surface area (Å²) in [7, 11) is 0. The molecule has 100 valence electrons. The maximum atomic E-state index is 5.97. The zero-order chi connectivity index (χ0) is 14.0. The van der Waals surface area contributed by atoms with Gasteiger partial charge in [0.05, 0.1) is 10.2 Å². The zero-order valence-electron chi connectivity index (χ0n) is 10.8. The minimum atomic E-state index is 0.483. The number of nitrogens with zero attached hydrogens (tertiary/aromatic N) is 2. The van der Waals surface area contributed by atoms with Crippen molar-refractivity contribution < 1.29 is 0 Å². The van der Waals surface area contributed by atoms with Crippen LogP contribution in [0.3, 0.4) is 0 Å². The van der Waals surface area contributed by atoms with Crippen molar-refractivity contribution in [2.24, 2.45) is 5.92 Å². The lowest BCUT2D eigenvalue weighted by Crippen LogP contribution is -2.05. The van der Waals surface area contributed by atoms with Gasteiger partial charge >= 0.3 is 0 Å². The molecule has 2 N–H and O–H groups in total. The first-order valence-electron chi connectivity index (χ1n) is 6.05. The highest BCUT2D eigenvalue weighted by Gasteiger charge is 2.14. The largest absolute Gasteiger partial charge is 0.383 e. The highest BCUT2D eigenvalue weighted by molar-refractivity contribution is 9.11. The number of benzene rings is 1. The van der Waals surface area contributed by atoms with Crippen LogP contribution in [0.1, 0.15) is 19.5 Å². The molecule has 0 radical (unpaired) electrons. The second kappa shape index (κ2) is 6.01. The molecule has 0 atom stereocenters. The summed E-state index contributed by atoms with van der Waals surface area (Å²) in [5, 5.41) is 0. The van der Waals surface area contributed by atoms with E-state index in [4.69, 9.17) is 5.73 Å². The molecule has 0 fully saturated rings. The lowest BCUT2D eigenvalue weighted by Gasteiger charge is -2.11. The van der Waals surface area contributed by atoms with Crippen molar-refractivity contribution in [2.45, 2.75) is 20.3 Å². The molecule has 0 aliphatic carbocycles. The van der Waals surface area contributed by atoms with Gasteiger partial charge < -0.3 is 5.73 Å². The molecule has 0 bridgehead atoms. The number of rotatable bonds is 3. The molecule has 0 spiro atoms. The number of hydrogen-bond acceptors (Lipinski definition) is 3. The Bertz CT molecular complexity index is 597. The van der Waals surface area contributed by atoms with E-state index < -0.39 is 0 Å². The quantitative estimate of drug-likeness (QED) is 0.850. The van der Waals surface area contributed by atoms with E-state index in [1.165, 1.54) is 0 Å². The van der Waals surface area contributed by atoms with E-state index in [0.29, 0.717) is 17.6 Å². The van der Waals surface area contributed by atoms with Gasteiger partial charge in [-0.2, -0.15) is 0 Å². The molecule has 0 saturated heterocycles. The van der Waals surface area contributed by atoms with Crippen molar-refractivity contribution >= 4 is 37.7 Å². The zero-order valence-corrected chi connectivity index (χ0v) is 14.0. The van der Waals surface area contributed by atoms with Gasteiger partial charge in [0.2, 0.25) is 0 Å². The second-order valence-corrected chi connectivity index (χ2v) is 6.42. The van der Waals surface area contributed by atoms with Crippen LogP contribution < -0.4 is 5.73 Å². The molecular formula is C14H15Br2N3. The third-order valence-corrected chi connectivity index (χ3v) is 4.22. The van der Waals surface area contributed by atoms with Crippen LogP contribution in [0.25, 0.3) is 11.4 Å². The Morgan fingerprint density at radius 1 is 1.16 bits per heavy atom. The molecule has 0 saturated carbocycles. The van der Waals surface area contributed by atoms with E-state index >= 15 is 0 Å². The van der Waals surface area contributed by atoms with Crippen molar-refractivity contribution in [3.63, 3.8) is 0 Å². The van der Waals surface area contributed by atoms with E-state index in [-0.39, 0.29) is 0 Å². The van der Waals surface area contributed by atoms with Crippen LogP contribution in [0, 0.1) is 5.92 Å². The Hall–Kier alpha value is -0.940. The monoisotopic (exact) mass is 383 g/mol. The topological polar surface area (TPSA) is 51.8 Å². The molecule has 1 aromatic heterocycles. The fourth-order valence-corrected chi connectivity index (χ4v) is 2.60. The number of nitrogens with two attached hydrogens (primary N) is 1. The van der Waals surface area contributed by atoms with Gasteiger partial charge in [0.1, 0.15) is 5.82 Å². The summed E-state index contributed by atoms with van der Waals surface area (Å²) in [6, 6.07) is 7.87. The Kier molecular flexibility index (Phi) is 4.58. The first kappa shape index (κ1) is 14.5. The normalized spacial score (nSPS) is 11.0. The van der Waals surface area contributed by atoms with Crippen LogP contribution in [0.2, 0.25) is 0 Å². The fraction of sp³-hybridized carbons (Fsp3) is 0.286. The van der Waals surface area contributed by atoms with Crippen molar-refractivity contribution in [2.75, 3.05) is 5.73 Å². The van der Waals surface area contributed by atoms with Crippen LogP contribution in [-0.4, -0.2) is 9.97 Å². The van der Waals surface area contributed by atoms with Crippen molar-refractivity contribution in [1.82, 2.24) is 9.97 Å². The lowest BCUT2D eigenvalue weighted by molar-refractivity contribution is 0.633. The summed E-state index contributed by atoms with van der Waals surface area (Å²) in [6.45, 7) is 4.31. The Balaban J connectivity index is 2.54. The Morgan fingerprint density at radius 2 is 1.84 bits per heavy atom. The molecule has 0 amide bonds. The minimum Gasteiger partial charge on any atom is -0.383 e. The number of aromatic nitrogens is 2. The highest BCUT2D eigenvalue weighted by atomic mass is 79.9. The molecule has 0 unspecified atom stereocenters. The maximum Gasteiger partial charge on any atom is 0.162 e. The highest BCUT2D eigenvalue weighted by Crippen LogP contribution is 2.30. The van der Waals surface area contributed by atoms with Crippen molar-refractivity contribution in [3.05, 3.63) is 38.9 Å².